The molecule has 1 heterocycles. The molecule has 0 aliphatic heterocycles. The molecule has 0 saturated carbocycles. The minimum atomic E-state index is -0.172. The van der Waals surface area contributed by atoms with Gasteiger partial charge < -0.3 is 15.0 Å². The third-order valence-corrected chi connectivity index (χ3v) is 4.15. The zero-order valence-corrected chi connectivity index (χ0v) is 16.4. The molecular weight excluding hydrogens is 350 g/mol. The van der Waals surface area contributed by atoms with Crippen molar-refractivity contribution in [2.24, 2.45) is 0 Å². The first-order valence-corrected chi connectivity index (χ1v) is 9.30. The summed E-state index contributed by atoms with van der Waals surface area (Å²) in [5.41, 5.74) is 2.47. The first kappa shape index (κ1) is 19.4. The van der Waals surface area contributed by atoms with E-state index in [4.69, 9.17) is 4.74 Å². The van der Waals surface area contributed by atoms with Crippen LogP contribution in [0, 0.1) is 0 Å². The molecule has 0 radical (unpaired) electrons. The van der Waals surface area contributed by atoms with E-state index in [1.807, 2.05) is 68.3 Å². The minimum absolute atomic E-state index is 0.114. The Morgan fingerprint density at radius 1 is 1.07 bits per heavy atom. The highest BCUT2D eigenvalue weighted by Gasteiger charge is 2.10. The molecule has 0 atom stereocenters. The van der Waals surface area contributed by atoms with E-state index < -0.39 is 0 Å². The number of carbonyl (C=O) groups excluding carboxylic acids is 1. The summed E-state index contributed by atoms with van der Waals surface area (Å²) in [6.07, 6.45) is 1.77. The number of amides is 1. The SMILES string of the molecule is CC(C)Oc1ccc(NC(=O)c2ccnc(N(C)Cc3ccccc3)c2)cc1. The van der Waals surface area contributed by atoms with Gasteiger partial charge in [-0.1, -0.05) is 30.3 Å². The molecule has 0 spiro atoms. The van der Waals surface area contributed by atoms with Gasteiger partial charge in [0.1, 0.15) is 11.6 Å². The Morgan fingerprint density at radius 3 is 2.46 bits per heavy atom. The summed E-state index contributed by atoms with van der Waals surface area (Å²) in [7, 11) is 1.96. The first-order valence-electron chi connectivity index (χ1n) is 9.30. The summed E-state index contributed by atoms with van der Waals surface area (Å²) < 4.78 is 5.62. The maximum absolute atomic E-state index is 12.6. The van der Waals surface area contributed by atoms with Crippen LogP contribution in [0.4, 0.5) is 11.5 Å². The number of nitrogens with one attached hydrogen (secondary N) is 1. The van der Waals surface area contributed by atoms with Crippen LogP contribution in [0.3, 0.4) is 0 Å². The number of nitrogens with zero attached hydrogens (tertiary/aromatic N) is 2. The predicted molar refractivity (Wildman–Crippen MR) is 113 cm³/mol. The van der Waals surface area contributed by atoms with Gasteiger partial charge in [-0.25, -0.2) is 4.98 Å². The number of rotatable bonds is 7. The fraction of sp³-hybridized carbons (Fsp3) is 0.217. The summed E-state index contributed by atoms with van der Waals surface area (Å²) >= 11 is 0. The molecule has 1 N–H and O–H groups in total. The second-order valence-electron chi connectivity index (χ2n) is 6.89. The van der Waals surface area contributed by atoms with Crippen LogP contribution in [0.25, 0.3) is 0 Å². The largest absolute Gasteiger partial charge is 0.491 e. The lowest BCUT2D eigenvalue weighted by atomic mass is 10.2. The molecule has 3 aromatic rings. The second kappa shape index (κ2) is 9.04. The van der Waals surface area contributed by atoms with Gasteiger partial charge >= 0.3 is 0 Å². The van der Waals surface area contributed by atoms with Crippen molar-refractivity contribution < 1.29 is 9.53 Å². The van der Waals surface area contributed by atoms with Crippen molar-refractivity contribution in [3.05, 3.63) is 84.1 Å². The van der Waals surface area contributed by atoms with Crippen molar-refractivity contribution in [3.8, 4) is 5.75 Å². The van der Waals surface area contributed by atoms with Gasteiger partial charge in [-0.3, -0.25) is 4.79 Å². The van der Waals surface area contributed by atoms with Crippen LogP contribution >= 0.6 is 0 Å². The van der Waals surface area contributed by atoms with E-state index in [9.17, 15) is 4.79 Å². The van der Waals surface area contributed by atoms with Crippen molar-refractivity contribution in [2.75, 3.05) is 17.3 Å². The molecule has 0 saturated heterocycles. The maximum atomic E-state index is 12.6. The molecule has 0 unspecified atom stereocenters. The van der Waals surface area contributed by atoms with E-state index in [-0.39, 0.29) is 12.0 Å². The van der Waals surface area contributed by atoms with Gasteiger partial charge in [-0.05, 0) is 55.8 Å². The summed E-state index contributed by atoms with van der Waals surface area (Å²) in [5.74, 6) is 1.35. The number of carbonyl (C=O) groups is 1. The quantitative estimate of drug-likeness (QED) is 0.647. The Kier molecular flexibility index (Phi) is 6.27. The van der Waals surface area contributed by atoms with E-state index in [0.717, 1.165) is 23.8 Å². The Morgan fingerprint density at radius 2 is 1.79 bits per heavy atom. The molecule has 28 heavy (non-hydrogen) atoms. The molecule has 144 valence electrons. The molecule has 3 rings (SSSR count). The molecule has 0 aliphatic rings. The van der Waals surface area contributed by atoms with Gasteiger partial charge in [0.15, 0.2) is 0 Å². The zero-order chi connectivity index (χ0) is 19.9. The fourth-order valence-electron chi connectivity index (χ4n) is 2.80. The minimum Gasteiger partial charge on any atom is -0.491 e. The highest BCUT2D eigenvalue weighted by Crippen LogP contribution is 2.19. The van der Waals surface area contributed by atoms with Crippen molar-refractivity contribution in [2.45, 2.75) is 26.5 Å². The average Bonchev–Trinajstić information content (AvgIpc) is 2.70. The maximum Gasteiger partial charge on any atom is 0.255 e. The van der Waals surface area contributed by atoms with E-state index in [1.165, 1.54) is 5.56 Å². The molecule has 5 nitrogen and oxygen atoms in total. The van der Waals surface area contributed by atoms with Gasteiger partial charge in [0, 0.05) is 31.0 Å². The zero-order valence-electron chi connectivity index (χ0n) is 16.4. The van der Waals surface area contributed by atoms with Crippen LogP contribution in [0.15, 0.2) is 72.9 Å². The molecule has 0 fully saturated rings. The Hall–Kier alpha value is -3.34. The summed E-state index contributed by atoms with van der Waals surface area (Å²) in [4.78, 5) is 19.0. The molecule has 0 bridgehead atoms. The highest BCUT2D eigenvalue weighted by atomic mass is 16.5. The standard InChI is InChI=1S/C23H25N3O2/c1-17(2)28-21-11-9-20(10-12-21)25-23(27)19-13-14-24-22(15-19)26(3)16-18-7-5-4-6-8-18/h4-15,17H,16H2,1-3H3,(H,25,27). The lowest BCUT2D eigenvalue weighted by Crippen LogP contribution is -2.19. The Bertz CT molecular complexity index is 909. The summed E-state index contributed by atoms with van der Waals surface area (Å²) in [6.45, 7) is 4.67. The topological polar surface area (TPSA) is 54.5 Å². The van der Waals surface area contributed by atoms with Crippen LogP contribution in [0.2, 0.25) is 0 Å². The van der Waals surface area contributed by atoms with Crippen molar-refractivity contribution in [1.82, 2.24) is 4.98 Å². The number of hydrogen-bond acceptors (Lipinski definition) is 4. The van der Waals surface area contributed by atoms with Crippen LogP contribution < -0.4 is 15.0 Å². The number of anilines is 2. The Labute approximate surface area is 166 Å². The normalized spacial score (nSPS) is 10.6. The van der Waals surface area contributed by atoms with Gasteiger partial charge in [-0.2, -0.15) is 0 Å². The number of benzene rings is 2. The van der Waals surface area contributed by atoms with Gasteiger partial charge in [0.25, 0.3) is 5.91 Å². The third-order valence-electron chi connectivity index (χ3n) is 4.15. The van der Waals surface area contributed by atoms with Crippen LogP contribution in [-0.4, -0.2) is 24.0 Å². The monoisotopic (exact) mass is 375 g/mol. The summed E-state index contributed by atoms with van der Waals surface area (Å²) in [5, 5.41) is 2.91. The van der Waals surface area contributed by atoms with E-state index >= 15 is 0 Å². The molecule has 2 aromatic carbocycles. The van der Waals surface area contributed by atoms with Gasteiger partial charge in [0.2, 0.25) is 0 Å². The molecule has 1 aromatic heterocycles. The van der Waals surface area contributed by atoms with E-state index in [0.29, 0.717) is 5.56 Å². The summed E-state index contributed by atoms with van der Waals surface area (Å²) in [6, 6.07) is 21.0. The van der Waals surface area contributed by atoms with Crippen molar-refractivity contribution >= 4 is 17.4 Å². The number of ether oxygens (including phenoxy) is 1. The predicted octanol–water partition coefficient (Wildman–Crippen LogP) is 4.76. The van der Waals surface area contributed by atoms with Crippen molar-refractivity contribution in [1.29, 1.82) is 0 Å². The van der Waals surface area contributed by atoms with Crippen LogP contribution in [0.5, 0.6) is 5.75 Å². The fourth-order valence-corrected chi connectivity index (χ4v) is 2.80. The lowest BCUT2D eigenvalue weighted by Gasteiger charge is -2.18. The van der Waals surface area contributed by atoms with Gasteiger partial charge in [0.05, 0.1) is 6.10 Å². The molecule has 1 amide bonds. The highest BCUT2D eigenvalue weighted by molar-refractivity contribution is 6.04. The Balaban J connectivity index is 1.66. The first-order chi connectivity index (χ1) is 13.5. The number of aromatic nitrogens is 1. The van der Waals surface area contributed by atoms with E-state index in [2.05, 4.69) is 22.4 Å². The average molecular weight is 375 g/mol. The third kappa shape index (κ3) is 5.33. The number of pyridine rings is 1. The van der Waals surface area contributed by atoms with Crippen molar-refractivity contribution in [3.63, 3.8) is 0 Å². The smallest absolute Gasteiger partial charge is 0.255 e. The lowest BCUT2D eigenvalue weighted by molar-refractivity contribution is 0.102. The van der Waals surface area contributed by atoms with Gasteiger partial charge in [-0.15, -0.1) is 0 Å². The second-order valence-corrected chi connectivity index (χ2v) is 6.89. The molecular formula is C23H25N3O2. The molecule has 5 heteroatoms. The van der Waals surface area contributed by atoms with Crippen LogP contribution in [-0.2, 0) is 6.54 Å². The van der Waals surface area contributed by atoms with Crippen LogP contribution in [0.1, 0.15) is 29.8 Å². The number of hydrogen-bond donors (Lipinski definition) is 1. The molecule has 0 aliphatic carbocycles. The van der Waals surface area contributed by atoms with E-state index in [1.54, 1.807) is 18.3 Å².